The Balaban J connectivity index is 4.82. The van der Waals surface area contributed by atoms with E-state index in [1.807, 2.05) is 27.7 Å². The van der Waals surface area contributed by atoms with E-state index in [-0.39, 0.29) is 5.41 Å². The zero-order valence-electron chi connectivity index (χ0n) is 7.69. The number of allylic oxidation sites excluding steroid dienone is 1. The number of hydrogen-bond acceptors (Lipinski definition) is 1. The molecule has 0 spiro atoms. The highest BCUT2D eigenvalue weighted by atomic mass is 35.9. The first-order valence-electron chi connectivity index (χ1n) is 3.57. The van der Waals surface area contributed by atoms with E-state index in [2.05, 4.69) is 5.73 Å². The van der Waals surface area contributed by atoms with Gasteiger partial charge in [0.2, 0.25) is 0 Å². The Labute approximate surface area is 83.4 Å². The Morgan fingerprint density at radius 2 is 1.83 bits per heavy atom. The predicted octanol–water partition coefficient (Wildman–Crippen LogP) is 4.76. The van der Waals surface area contributed by atoms with E-state index in [1.165, 1.54) is 5.82 Å². The van der Waals surface area contributed by atoms with Gasteiger partial charge in [0.05, 0.1) is 0 Å². The van der Waals surface area contributed by atoms with Crippen molar-refractivity contribution >= 4 is 28.3 Å². The van der Waals surface area contributed by atoms with Crippen molar-refractivity contribution in [1.29, 1.82) is 0 Å². The average Bonchev–Trinajstić information content (AvgIpc) is 1.78. The molecule has 0 aliphatic rings. The highest BCUT2D eigenvalue weighted by Gasteiger charge is 2.12. The SMILES string of the molecule is CC(=C=CP(=O)(Cl)Cl)C(C)(C)C. The van der Waals surface area contributed by atoms with Crippen LogP contribution >= 0.6 is 28.3 Å². The lowest BCUT2D eigenvalue weighted by Crippen LogP contribution is -2.04. The summed E-state index contributed by atoms with van der Waals surface area (Å²) in [5.74, 6) is -1.87. The lowest BCUT2D eigenvalue weighted by atomic mass is 9.88. The maximum absolute atomic E-state index is 10.8. The second-order valence-electron chi connectivity index (χ2n) is 3.65. The molecule has 0 aromatic carbocycles. The van der Waals surface area contributed by atoms with E-state index in [1.54, 1.807) is 0 Å². The summed E-state index contributed by atoms with van der Waals surface area (Å²) in [6.07, 6.45) is 0. The van der Waals surface area contributed by atoms with Crippen molar-refractivity contribution < 1.29 is 4.57 Å². The molecule has 0 N–H and O–H groups in total. The average molecular weight is 227 g/mol. The third-order valence-corrected chi connectivity index (χ3v) is 2.57. The van der Waals surface area contributed by atoms with Gasteiger partial charge < -0.3 is 0 Å². The molecule has 0 unspecified atom stereocenters. The first-order chi connectivity index (χ1) is 5.13. The summed E-state index contributed by atoms with van der Waals surface area (Å²) in [5.41, 5.74) is 3.82. The highest BCUT2D eigenvalue weighted by Crippen LogP contribution is 2.57. The summed E-state index contributed by atoms with van der Waals surface area (Å²) in [4.78, 5) is 0. The fourth-order valence-electron chi connectivity index (χ4n) is 0.388. The van der Waals surface area contributed by atoms with Gasteiger partial charge in [-0.05, 0) is 40.4 Å². The summed E-state index contributed by atoms with van der Waals surface area (Å²) >= 11 is 10.6. The molecule has 1 nitrogen and oxygen atoms in total. The smallest absolute Gasteiger partial charge is 0.282 e. The van der Waals surface area contributed by atoms with Crippen LogP contribution < -0.4 is 0 Å². The monoisotopic (exact) mass is 226 g/mol. The van der Waals surface area contributed by atoms with Gasteiger partial charge in [0, 0.05) is 5.82 Å². The summed E-state index contributed by atoms with van der Waals surface area (Å²) in [6.45, 7) is 8.02. The molecule has 0 aliphatic heterocycles. The van der Waals surface area contributed by atoms with Crippen LogP contribution in [0.5, 0.6) is 0 Å². The Hall–Kier alpha value is 0.330. The van der Waals surface area contributed by atoms with Crippen molar-refractivity contribution in [2.45, 2.75) is 27.7 Å². The van der Waals surface area contributed by atoms with Crippen LogP contribution in [0.1, 0.15) is 27.7 Å². The highest BCUT2D eigenvalue weighted by molar-refractivity contribution is 8.10. The summed E-state index contributed by atoms with van der Waals surface area (Å²) in [7, 11) is 0. The van der Waals surface area contributed by atoms with E-state index in [9.17, 15) is 4.57 Å². The minimum atomic E-state index is -3.10. The molecule has 0 atom stereocenters. The molecule has 4 heteroatoms. The molecule has 0 aromatic rings. The molecular weight excluding hydrogens is 214 g/mol. The summed E-state index contributed by atoms with van der Waals surface area (Å²) in [5, 5.41) is 0. The molecule has 12 heavy (non-hydrogen) atoms. The van der Waals surface area contributed by atoms with Gasteiger partial charge in [-0.3, -0.25) is 4.57 Å². The normalized spacial score (nSPS) is 12.2. The predicted molar refractivity (Wildman–Crippen MR) is 56.0 cm³/mol. The second kappa shape index (κ2) is 4.03. The lowest BCUT2D eigenvalue weighted by molar-refractivity contribution is 0.505. The fourth-order valence-corrected chi connectivity index (χ4v) is 1.03. The van der Waals surface area contributed by atoms with Crippen molar-refractivity contribution in [2.24, 2.45) is 5.41 Å². The Bertz CT molecular complexity index is 263. The van der Waals surface area contributed by atoms with Gasteiger partial charge in [0.25, 0.3) is 5.85 Å². The molecule has 0 aliphatic carbocycles. The summed E-state index contributed by atoms with van der Waals surface area (Å²) < 4.78 is 10.8. The molecule has 0 saturated carbocycles. The fraction of sp³-hybridized carbons (Fsp3) is 0.625. The molecule has 0 radical (unpaired) electrons. The van der Waals surface area contributed by atoms with Gasteiger partial charge in [0.1, 0.15) is 0 Å². The van der Waals surface area contributed by atoms with E-state index in [4.69, 9.17) is 22.5 Å². The van der Waals surface area contributed by atoms with E-state index in [0.29, 0.717) is 0 Å². The van der Waals surface area contributed by atoms with E-state index >= 15 is 0 Å². The van der Waals surface area contributed by atoms with Crippen LogP contribution in [0.3, 0.4) is 0 Å². The zero-order valence-corrected chi connectivity index (χ0v) is 10.1. The maximum Gasteiger partial charge on any atom is 0.282 e. The number of rotatable bonds is 1. The van der Waals surface area contributed by atoms with Crippen LogP contribution in [-0.2, 0) is 4.57 Å². The molecule has 0 bridgehead atoms. The Kier molecular flexibility index (Phi) is 4.14. The molecule has 0 heterocycles. The van der Waals surface area contributed by atoms with Crippen LogP contribution in [0.2, 0.25) is 0 Å². The first kappa shape index (κ1) is 12.3. The molecule has 70 valence electrons. The van der Waals surface area contributed by atoms with Gasteiger partial charge in [-0.15, -0.1) is 5.73 Å². The molecule has 0 aromatic heterocycles. The van der Waals surface area contributed by atoms with Crippen molar-refractivity contribution in [3.8, 4) is 0 Å². The van der Waals surface area contributed by atoms with Crippen LogP contribution in [0.4, 0.5) is 0 Å². The molecule has 0 rings (SSSR count). The maximum atomic E-state index is 10.8. The number of halogens is 2. The quantitative estimate of drug-likeness (QED) is 0.466. The largest absolute Gasteiger partial charge is 0.284 e. The van der Waals surface area contributed by atoms with Crippen molar-refractivity contribution in [2.75, 3.05) is 0 Å². The van der Waals surface area contributed by atoms with Gasteiger partial charge in [-0.2, -0.15) is 0 Å². The van der Waals surface area contributed by atoms with Crippen LogP contribution in [0, 0.1) is 5.41 Å². The minimum absolute atomic E-state index is 0.0133. The third-order valence-electron chi connectivity index (χ3n) is 1.56. The summed E-state index contributed by atoms with van der Waals surface area (Å²) in [6, 6.07) is 0. The topological polar surface area (TPSA) is 17.1 Å². The first-order valence-corrected chi connectivity index (χ1v) is 7.15. The zero-order chi connectivity index (χ0) is 9.99. The van der Waals surface area contributed by atoms with Gasteiger partial charge in [-0.1, -0.05) is 20.8 Å². The van der Waals surface area contributed by atoms with Gasteiger partial charge >= 0.3 is 0 Å². The number of hydrogen-bond donors (Lipinski definition) is 0. The van der Waals surface area contributed by atoms with Crippen LogP contribution in [-0.4, -0.2) is 0 Å². The van der Waals surface area contributed by atoms with E-state index in [0.717, 1.165) is 5.57 Å². The minimum Gasteiger partial charge on any atom is -0.284 e. The molecular formula is C8H13Cl2OP. The van der Waals surface area contributed by atoms with E-state index < -0.39 is 5.85 Å². The molecule has 0 fully saturated rings. The molecule has 0 saturated heterocycles. The van der Waals surface area contributed by atoms with Crippen LogP contribution in [0.15, 0.2) is 17.1 Å². The third kappa shape index (κ3) is 5.91. The Morgan fingerprint density at radius 3 is 2.08 bits per heavy atom. The lowest BCUT2D eigenvalue weighted by Gasteiger charge is -2.16. The Morgan fingerprint density at radius 1 is 1.42 bits per heavy atom. The van der Waals surface area contributed by atoms with Crippen molar-refractivity contribution in [3.63, 3.8) is 0 Å². The van der Waals surface area contributed by atoms with Gasteiger partial charge in [-0.25, -0.2) is 0 Å². The standard InChI is InChI=1S/C8H13Cl2OP/c1-7(8(2,3)4)5-6-12(9,10)11/h6H,1-4H3. The van der Waals surface area contributed by atoms with Crippen LogP contribution in [0.25, 0.3) is 0 Å². The molecule has 0 amide bonds. The van der Waals surface area contributed by atoms with Crippen molar-refractivity contribution in [3.05, 3.63) is 17.1 Å². The second-order valence-corrected chi connectivity index (χ2v) is 8.45. The van der Waals surface area contributed by atoms with Crippen molar-refractivity contribution in [1.82, 2.24) is 0 Å². The van der Waals surface area contributed by atoms with Gasteiger partial charge in [0.15, 0.2) is 0 Å².